The third-order valence-electron chi connectivity index (χ3n) is 3.57. The molecule has 2 aromatic rings. The van der Waals surface area contributed by atoms with Gasteiger partial charge >= 0.3 is 0 Å². The maximum absolute atomic E-state index is 12.2. The first-order valence-corrected chi connectivity index (χ1v) is 7.62. The predicted molar refractivity (Wildman–Crippen MR) is 92.5 cm³/mol. The molecular weight excluding hydrogens is 288 g/mol. The Balaban J connectivity index is 1.97. The number of nitrogens with one attached hydrogen (secondary N) is 1. The Labute approximate surface area is 137 Å². The number of hydrazone groups is 1. The zero-order valence-electron chi connectivity index (χ0n) is 13.7. The molecule has 0 fully saturated rings. The number of hydrogen-bond acceptors (Lipinski definition) is 3. The monoisotopic (exact) mass is 310 g/mol. The molecule has 0 spiro atoms. The van der Waals surface area contributed by atoms with E-state index in [0.717, 1.165) is 11.1 Å². The number of amides is 1. The standard InChI is InChI=1S/C19H22N2O2/c1-14(2)16-11-9-15(10-12-16)13-20-21-19(22)18(23-3)17-7-5-4-6-8-17/h4-14,18H,1-3H3,(H,21,22)/b20-13+. The number of methoxy groups -OCH3 is 1. The summed E-state index contributed by atoms with van der Waals surface area (Å²) in [4.78, 5) is 12.2. The van der Waals surface area contributed by atoms with E-state index < -0.39 is 6.10 Å². The number of hydrogen-bond donors (Lipinski definition) is 1. The molecule has 0 saturated carbocycles. The van der Waals surface area contributed by atoms with Gasteiger partial charge in [0, 0.05) is 7.11 Å². The van der Waals surface area contributed by atoms with Gasteiger partial charge in [0.05, 0.1) is 6.21 Å². The summed E-state index contributed by atoms with van der Waals surface area (Å²) in [7, 11) is 1.51. The second kappa shape index (κ2) is 8.25. The van der Waals surface area contributed by atoms with Crippen LogP contribution in [0.4, 0.5) is 0 Å². The molecule has 0 radical (unpaired) electrons. The maximum atomic E-state index is 12.2. The smallest absolute Gasteiger partial charge is 0.273 e. The summed E-state index contributed by atoms with van der Waals surface area (Å²) in [5.74, 6) is 0.197. The largest absolute Gasteiger partial charge is 0.367 e. The van der Waals surface area contributed by atoms with Crippen molar-refractivity contribution in [3.05, 3.63) is 71.3 Å². The molecule has 0 bridgehead atoms. The molecule has 2 aromatic carbocycles. The Hall–Kier alpha value is -2.46. The van der Waals surface area contributed by atoms with Crippen molar-refractivity contribution >= 4 is 12.1 Å². The molecular formula is C19H22N2O2. The molecule has 0 aliphatic rings. The molecule has 0 aliphatic carbocycles. The molecule has 0 heterocycles. The Morgan fingerprint density at radius 3 is 2.26 bits per heavy atom. The van der Waals surface area contributed by atoms with Crippen LogP contribution in [0.15, 0.2) is 59.7 Å². The zero-order chi connectivity index (χ0) is 16.7. The Kier molecular flexibility index (Phi) is 6.06. The number of rotatable bonds is 6. The minimum atomic E-state index is -0.670. The maximum Gasteiger partial charge on any atom is 0.273 e. The first-order valence-electron chi connectivity index (χ1n) is 7.62. The average molecular weight is 310 g/mol. The molecule has 120 valence electrons. The molecule has 1 N–H and O–H groups in total. The van der Waals surface area contributed by atoms with Crippen LogP contribution in [0.3, 0.4) is 0 Å². The van der Waals surface area contributed by atoms with Crippen molar-refractivity contribution in [1.82, 2.24) is 5.43 Å². The minimum absolute atomic E-state index is 0.297. The van der Waals surface area contributed by atoms with Crippen molar-refractivity contribution in [3.63, 3.8) is 0 Å². The molecule has 1 amide bonds. The highest BCUT2D eigenvalue weighted by molar-refractivity contribution is 5.85. The van der Waals surface area contributed by atoms with Gasteiger partial charge in [-0.2, -0.15) is 5.10 Å². The van der Waals surface area contributed by atoms with Crippen molar-refractivity contribution < 1.29 is 9.53 Å². The Bertz CT molecular complexity index is 649. The van der Waals surface area contributed by atoms with E-state index in [9.17, 15) is 4.79 Å². The van der Waals surface area contributed by atoms with Gasteiger partial charge in [0.1, 0.15) is 0 Å². The summed E-state index contributed by atoms with van der Waals surface area (Å²) in [6.07, 6.45) is 0.955. The summed E-state index contributed by atoms with van der Waals surface area (Å²) in [5, 5.41) is 4.01. The lowest BCUT2D eigenvalue weighted by atomic mass is 10.0. The van der Waals surface area contributed by atoms with Gasteiger partial charge < -0.3 is 4.74 Å². The molecule has 0 saturated heterocycles. The van der Waals surface area contributed by atoms with Crippen LogP contribution in [0.2, 0.25) is 0 Å². The molecule has 0 aliphatic heterocycles. The Morgan fingerprint density at radius 1 is 1.04 bits per heavy atom. The number of nitrogens with zero attached hydrogens (tertiary/aromatic N) is 1. The van der Waals surface area contributed by atoms with Crippen molar-refractivity contribution in [3.8, 4) is 0 Å². The van der Waals surface area contributed by atoms with Crippen LogP contribution in [0.5, 0.6) is 0 Å². The minimum Gasteiger partial charge on any atom is -0.367 e. The van der Waals surface area contributed by atoms with E-state index in [1.807, 2.05) is 42.5 Å². The highest BCUT2D eigenvalue weighted by Gasteiger charge is 2.18. The summed E-state index contributed by atoms with van der Waals surface area (Å²) in [5.41, 5.74) is 5.53. The molecule has 23 heavy (non-hydrogen) atoms. The molecule has 1 unspecified atom stereocenters. The number of carbonyl (C=O) groups is 1. The first-order chi connectivity index (χ1) is 11.1. The van der Waals surface area contributed by atoms with Gasteiger partial charge in [0.2, 0.25) is 0 Å². The van der Waals surface area contributed by atoms with Gasteiger partial charge in [-0.05, 0) is 22.6 Å². The van der Waals surface area contributed by atoms with Crippen LogP contribution in [-0.4, -0.2) is 19.2 Å². The fourth-order valence-corrected chi connectivity index (χ4v) is 2.22. The summed E-state index contributed by atoms with van der Waals surface area (Å²) in [6.45, 7) is 4.30. The van der Waals surface area contributed by atoms with E-state index in [1.165, 1.54) is 12.7 Å². The van der Waals surface area contributed by atoms with E-state index >= 15 is 0 Å². The Morgan fingerprint density at radius 2 is 1.70 bits per heavy atom. The summed E-state index contributed by atoms with van der Waals surface area (Å²) in [6, 6.07) is 17.4. The number of carbonyl (C=O) groups excluding carboxylic acids is 1. The average Bonchev–Trinajstić information content (AvgIpc) is 2.57. The molecule has 4 heteroatoms. The second-order valence-corrected chi connectivity index (χ2v) is 5.58. The summed E-state index contributed by atoms with van der Waals surface area (Å²) >= 11 is 0. The van der Waals surface area contributed by atoms with Crippen LogP contribution >= 0.6 is 0 Å². The zero-order valence-corrected chi connectivity index (χ0v) is 13.7. The van der Waals surface area contributed by atoms with Crippen molar-refractivity contribution in [2.75, 3.05) is 7.11 Å². The fraction of sp³-hybridized carbons (Fsp3) is 0.263. The van der Waals surface area contributed by atoms with Gasteiger partial charge in [0.15, 0.2) is 6.10 Å². The van der Waals surface area contributed by atoms with Crippen molar-refractivity contribution in [2.45, 2.75) is 25.9 Å². The van der Waals surface area contributed by atoms with Crippen LogP contribution in [0.1, 0.15) is 42.6 Å². The highest BCUT2D eigenvalue weighted by atomic mass is 16.5. The predicted octanol–water partition coefficient (Wildman–Crippen LogP) is 3.65. The second-order valence-electron chi connectivity index (χ2n) is 5.58. The first kappa shape index (κ1) is 16.9. The SMILES string of the molecule is COC(C(=O)N/N=C/c1ccc(C(C)C)cc1)c1ccccc1. The van der Waals surface area contributed by atoms with Gasteiger partial charge in [0.25, 0.3) is 5.91 Å². The van der Waals surface area contributed by atoms with Crippen molar-refractivity contribution in [1.29, 1.82) is 0 Å². The van der Waals surface area contributed by atoms with Gasteiger partial charge in [-0.15, -0.1) is 0 Å². The normalized spacial score (nSPS) is 12.5. The lowest BCUT2D eigenvalue weighted by Gasteiger charge is -2.13. The van der Waals surface area contributed by atoms with Crippen LogP contribution < -0.4 is 5.43 Å². The van der Waals surface area contributed by atoms with E-state index in [-0.39, 0.29) is 5.91 Å². The molecule has 0 aromatic heterocycles. The van der Waals surface area contributed by atoms with Gasteiger partial charge in [-0.1, -0.05) is 68.4 Å². The van der Waals surface area contributed by atoms with Gasteiger partial charge in [-0.25, -0.2) is 5.43 Å². The van der Waals surface area contributed by atoms with Crippen LogP contribution in [-0.2, 0) is 9.53 Å². The van der Waals surface area contributed by atoms with Gasteiger partial charge in [-0.3, -0.25) is 4.79 Å². The quantitative estimate of drug-likeness (QED) is 0.654. The van der Waals surface area contributed by atoms with E-state index in [2.05, 4.69) is 36.5 Å². The highest BCUT2D eigenvalue weighted by Crippen LogP contribution is 2.16. The fourth-order valence-electron chi connectivity index (χ4n) is 2.22. The van der Waals surface area contributed by atoms with Crippen LogP contribution in [0.25, 0.3) is 0 Å². The number of benzene rings is 2. The van der Waals surface area contributed by atoms with E-state index in [1.54, 1.807) is 6.21 Å². The number of ether oxygens (including phenoxy) is 1. The molecule has 1 atom stereocenters. The summed E-state index contributed by atoms with van der Waals surface area (Å²) < 4.78 is 5.26. The lowest BCUT2D eigenvalue weighted by Crippen LogP contribution is -2.26. The van der Waals surface area contributed by atoms with E-state index in [4.69, 9.17) is 4.74 Å². The lowest BCUT2D eigenvalue weighted by molar-refractivity contribution is -0.131. The molecule has 2 rings (SSSR count). The van der Waals surface area contributed by atoms with Crippen LogP contribution in [0, 0.1) is 0 Å². The third-order valence-corrected chi connectivity index (χ3v) is 3.57. The molecule has 4 nitrogen and oxygen atoms in total. The topological polar surface area (TPSA) is 50.7 Å². The third kappa shape index (κ3) is 4.76. The van der Waals surface area contributed by atoms with E-state index in [0.29, 0.717) is 5.92 Å². The van der Waals surface area contributed by atoms with Crippen molar-refractivity contribution in [2.24, 2.45) is 5.10 Å².